The molecule has 3 rings (SSSR count). The van der Waals surface area contributed by atoms with Crippen molar-refractivity contribution in [3.8, 4) is 11.6 Å². The van der Waals surface area contributed by atoms with Crippen molar-refractivity contribution >= 4 is 30.7 Å². The van der Waals surface area contributed by atoms with Crippen molar-refractivity contribution in [1.29, 1.82) is 0 Å². The number of carbonyl (C=O) groups excluding carboxylic acids is 1. The van der Waals surface area contributed by atoms with Crippen molar-refractivity contribution in [3.05, 3.63) is 53.7 Å². The second-order valence-corrected chi connectivity index (χ2v) is 7.03. The number of halogens is 5. The Hall–Kier alpha value is -2.03. The van der Waals surface area contributed by atoms with Gasteiger partial charge in [-0.3, -0.25) is 4.79 Å². The number of benzene rings is 1. The molecule has 0 radical (unpaired) electrons. The third-order valence-corrected chi connectivity index (χ3v) is 4.90. The molecule has 1 aromatic carbocycles. The molecule has 1 aliphatic heterocycles. The van der Waals surface area contributed by atoms with Crippen LogP contribution in [0.3, 0.4) is 0 Å². The van der Waals surface area contributed by atoms with Crippen LogP contribution in [0.4, 0.5) is 13.2 Å². The Labute approximate surface area is 185 Å². The number of nitrogens with zero attached hydrogens (tertiary/aromatic N) is 2. The second kappa shape index (κ2) is 10.8. The summed E-state index contributed by atoms with van der Waals surface area (Å²) in [6, 6.07) is 8.55. The fourth-order valence-corrected chi connectivity index (χ4v) is 3.30. The number of piperidine rings is 1. The van der Waals surface area contributed by atoms with E-state index in [9.17, 15) is 18.0 Å². The van der Waals surface area contributed by atoms with Gasteiger partial charge in [-0.1, -0.05) is 6.92 Å². The number of pyridine rings is 1. The van der Waals surface area contributed by atoms with Gasteiger partial charge in [0, 0.05) is 37.0 Å². The van der Waals surface area contributed by atoms with E-state index in [1.54, 1.807) is 24.3 Å². The third kappa shape index (κ3) is 6.23. The van der Waals surface area contributed by atoms with E-state index in [2.05, 4.69) is 11.9 Å². The Bertz CT molecular complexity index is 818. The predicted molar refractivity (Wildman–Crippen MR) is 113 cm³/mol. The first-order valence-corrected chi connectivity index (χ1v) is 9.10. The van der Waals surface area contributed by atoms with Gasteiger partial charge in [0.1, 0.15) is 5.75 Å². The van der Waals surface area contributed by atoms with E-state index < -0.39 is 11.7 Å². The van der Waals surface area contributed by atoms with E-state index in [4.69, 9.17) is 10.5 Å². The summed E-state index contributed by atoms with van der Waals surface area (Å²) in [7, 11) is 0. The van der Waals surface area contributed by atoms with Crippen LogP contribution in [0, 0.1) is 5.92 Å². The van der Waals surface area contributed by atoms with E-state index in [-0.39, 0.29) is 42.6 Å². The van der Waals surface area contributed by atoms with Gasteiger partial charge in [-0.2, -0.15) is 13.2 Å². The minimum atomic E-state index is -4.44. The van der Waals surface area contributed by atoms with Gasteiger partial charge >= 0.3 is 6.18 Å². The summed E-state index contributed by atoms with van der Waals surface area (Å²) in [5.74, 6) is 0.887. The number of alkyl halides is 3. The maximum absolute atomic E-state index is 12.8. The first-order valence-electron chi connectivity index (χ1n) is 9.10. The van der Waals surface area contributed by atoms with Gasteiger partial charge in [0.05, 0.1) is 5.56 Å². The fraction of sp³-hybridized carbons (Fsp3) is 0.400. The molecule has 2 unspecified atom stereocenters. The van der Waals surface area contributed by atoms with Crippen molar-refractivity contribution in [2.75, 3.05) is 13.1 Å². The van der Waals surface area contributed by atoms with Gasteiger partial charge in [0.2, 0.25) is 5.88 Å². The molecule has 0 bridgehead atoms. The minimum absolute atomic E-state index is 0. The average Bonchev–Trinajstić information content (AvgIpc) is 2.67. The van der Waals surface area contributed by atoms with Crippen LogP contribution in [0.2, 0.25) is 0 Å². The summed E-state index contributed by atoms with van der Waals surface area (Å²) in [6.07, 6.45) is -1.88. The molecule has 2 aromatic rings. The lowest BCUT2D eigenvalue weighted by molar-refractivity contribution is -0.137. The number of ether oxygens (including phenoxy) is 1. The van der Waals surface area contributed by atoms with Crippen molar-refractivity contribution in [2.45, 2.75) is 32.0 Å². The lowest BCUT2D eigenvalue weighted by atomic mass is 9.92. The number of carbonyl (C=O) groups is 1. The Morgan fingerprint density at radius 3 is 2.40 bits per heavy atom. The zero-order valence-corrected chi connectivity index (χ0v) is 17.9. The molecule has 2 atom stereocenters. The van der Waals surface area contributed by atoms with Gasteiger partial charge in [-0.15, -0.1) is 24.8 Å². The molecule has 0 aliphatic carbocycles. The van der Waals surface area contributed by atoms with Gasteiger partial charge < -0.3 is 15.4 Å². The maximum Gasteiger partial charge on any atom is 0.417 e. The Kier molecular flexibility index (Phi) is 9.39. The first kappa shape index (κ1) is 26.0. The topological polar surface area (TPSA) is 68.5 Å². The Balaban J connectivity index is 0.00000225. The highest BCUT2D eigenvalue weighted by molar-refractivity contribution is 5.94. The molecular weight excluding hydrogens is 442 g/mol. The molecule has 2 N–H and O–H groups in total. The number of nitrogens with two attached hydrogens (primary N) is 1. The highest BCUT2D eigenvalue weighted by Crippen LogP contribution is 2.30. The number of likely N-dealkylation sites (tertiary alicyclic amines) is 1. The second-order valence-electron chi connectivity index (χ2n) is 7.03. The average molecular weight is 466 g/mol. The molecule has 10 heteroatoms. The van der Waals surface area contributed by atoms with E-state index >= 15 is 0 Å². The van der Waals surface area contributed by atoms with Crippen LogP contribution < -0.4 is 10.5 Å². The highest BCUT2D eigenvalue weighted by Gasteiger charge is 2.31. The third-order valence-electron chi connectivity index (χ3n) is 4.90. The smallest absolute Gasteiger partial charge is 0.417 e. The van der Waals surface area contributed by atoms with Gasteiger partial charge in [-0.25, -0.2) is 4.98 Å². The molecule has 1 saturated heterocycles. The lowest BCUT2D eigenvalue weighted by Gasteiger charge is -2.38. The van der Waals surface area contributed by atoms with Gasteiger partial charge in [-0.05, 0) is 49.1 Å². The van der Waals surface area contributed by atoms with Crippen molar-refractivity contribution < 1.29 is 22.7 Å². The van der Waals surface area contributed by atoms with Crippen LogP contribution in [-0.2, 0) is 6.18 Å². The summed E-state index contributed by atoms with van der Waals surface area (Å²) >= 11 is 0. The van der Waals surface area contributed by atoms with Crippen LogP contribution in [0.15, 0.2) is 42.6 Å². The molecule has 1 amide bonds. The summed E-state index contributed by atoms with van der Waals surface area (Å²) in [5.41, 5.74) is 5.50. The highest BCUT2D eigenvalue weighted by atomic mass is 35.5. The standard InChI is InChI=1S/C20H22F3N3O2.2ClH/c1-13-8-9-26(16(10-13)11-24)19(27)14-2-5-17(6-3-14)28-18-7-4-15(12-25-18)20(21,22)23;;/h2-7,12-13,16H,8-11,24H2,1H3;2*1H. The quantitative estimate of drug-likeness (QED) is 0.694. The molecule has 2 heterocycles. The van der Waals surface area contributed by atoms with E-state index in [0.29, 0.717) is 30.3 Å². The number of amides is 1. The fourth-order valence-electron chi connectivity index (χ4n) is 3.30. The van der Waals surface area contributed by atoms with Crippen LogP contribution in [0.5, 0.6) is 11.6 Å². The monoisotopic (exact) mass is 465 g/mol. The van der Waals surface area contributed by atoms with Gasteiger partial charge in [0.25, 0.3) is 5.91 Å². The maximum atomic E-state index is 12.8. The first-order chi connectivity index (χ1) is 13.3. The molecule has 1 aliphatic rings. The zero-order chi connectivity index (χ0) is 20.3. The number of hydrogen-bond donors (Lipinski definition) is 1. The number of rotatable bonds is 4. The molecule has 30 heavy (non-hydrogen) atoms. The zero-order valence-electron chi connectivity index (χ0n) is 16.3. The Morgan fingerprint density at radius 1 is 1.20 bits per heavy atom. The summed E-state index contributed by atoms with van der Waals surface area (Å²) in [5, 5.41) is 0. The van der Waals surface area contributed by atoms with Crippen LogP contribution in [-0.4, -0.2) is 34.9 Å². The van der Waals surface area contributed by atoms with Crippen LogP contribution >= 0.6 is 24.8 Å². The van der Waals surface area contributed by atoms with Crippen LogP contribution in [0.25, 0.3) is 0 Å². The summed E-state index contributed by atoms with van der Waals surface area (Å²) < 4.78 is 43.2. The SMILES string of the molecule is CC1CCN(C(=O)c2ccc(Oc3ccc(C(F)(F)F)cn3)cc2)C(CN)C1.Cl.Cl. The molecule has 0 spiro atoms. The molecule has 1 fully saturated rings. The van der Waals surface area contributed by atoms with Crippen LogP contribution in [0.1, 0.15) is 35.7 Å². The summed E-state index contributed by atoms with van der Waals surface area (Å²) in [6.45, 7) is 3.26. The van der Waals surface area contributed by atoms with E-state index in [0.717, 1.165) is 31.2 Å². The molecule has 1 aromatic heterocycles. The lowest BCUT2D eigenvalue weighted by Crippen LogP contribution is -2.49. The van der Waals surface area contributed by atoms with Crippen molar-refractivity contribution in [3.63, 3.8) is 0 Å². The Morgan fingerprint density at radius 2 is 1.87 bits per heavy atom. The van der Waals surface area contributed by atoms with Gasteiger partial charge in [0.15, 0.2) is 0 Å². The molecular formula is C20H24Cl2F3N3O2. The van der Waals surface area contributed by atoms with Crippen molar-refractivity contribution in [1.82, 2.24) is 9.88 Å². The largest absolute Gasteiger partial charge is 0.439 e. The van der Waals surface area contributed by atoms with Crippen molar-refractivity contribution in [2.24, 2.45) is 11.7 Å². The minimum Gasteiger partial charge on any atom is -0.439 e. The number of aromatic nitrogens is 1. The predicted octanol–water partition coefficient (Wildman–Crippen LogP) is 4.94. The van der Waals surface area contributed by atoms with E-state index in [1.807, 2.05) is 4.90 Å². The normalized spacial score (nSPS) is 18.8. The molecule has 5 nitrogen and oxygen atoms in total. The number of hydrogen-bond acceptors (Lipinski definition) is 4. The van der Waals surface area contributed by atoms with E-state index in [1.165, 1.54) is 0 Å². The molecule has 166 valence electrons. The summed E-state index contributed by atoms with van der Waals surface area (Å²) in [4.78, 5) is 18.3. The molecule has 0 saturated carbocycles.